The van der Waals surface area contributed by atoms with Crippen LogP contribution >= 0.6 is 0 Å². The number of pyridine rings is 1. The summed E-state index contributed by atoms with van der Waals surface area (Å²) in [6, 6.07) is 3.50. The van der Waals surface area contributed by atoms with E-state index in [0.29, 0.717) is 11.5 Å². The third kappa shape index (κ3) is 4.32. The van der Waals surface area contributed by atoms with Gasteiger partial charge in [-0.15, -0.1) is 0 Å². The zero-order valence-electron chi connectivity index (χ0n) is 15.5. The van der Waals surface area contributed by atoms with Crippen molar-refractivity contribution in [2.75, 3.05) is 18.9 Å². The minimum Gasteiger partial charge on any atom is -0.336 e. The van der Waals surface area contributed by atoms with E-state index in [-0.39, 0.29) is 31.8 Å². The Balaban J connectivity index is 1.60. The van der Waals surface area contributed by atoms with Crippen molar-refractivity contribution in [3.05, 3.63) is 41.6 Å². The summed E-state index contributed by atoms with van der Waals surface area (Å²) in [4.78, 5) is 33.5. The fourth-order valence-electron chi connectivity index (χ4n) is 3.29. The minimum absolute atomic E-state index is 0.0633. The van der Waals surface area contributed by atoms with Crippen molar-refractivity contribution in [3.8, 4) is 0 Å². The molecule has 10 heteroatoms. The van der Waals surface area contributed by atoms with Crippen LogP contribution in [0.25, 0.3) is 0 Å². The number of likely N-dealkylation sites (N-methyl/N-ethyl adjacent to an activating group) is 1. The van der Waals surface area contributed by atoms with Gasteiger partial charge in [-0.1, -0.05) is 0 Å². The summed E-state index contributed by atoms with van der Waals surface area (Å²) in [5.74, 6) is -1.71. The van der Waals surface area contributed by atoms with Crippen LogP contribution in [0.3, 0.4) is 0 Å². The Morgan fingerprint density at radius 1 is 1.36 bits per heavy atom. The number of aryl methyl sites for hydroxylation is 1. The van der Waals surface area contributed by atoms with E-state index < -0.39 is 23.8 Å². The molecule has 0 aliphatic carbocycles. The first-order chi connectivity index (χ1) is 13.1. The molecule has 0 aromatic carbocycles. The zero-order chi connectivity index (χ0) is 20.5. The second-order valence-electron chi connectivity index (χ2n) is 6.87. The Bertz CT molecular complexity index is 894. The lowest BCUT2D eigenvalue weighted by molar-refractivity contribution is -0.147. The van der Waals surface area contributed by atoms with Crippen LogP contribution < -0.4 is 5.32 Å². The Hall–Kier alpha value is -2.91. The fourth-order valence-corrected chi connectivity index (χ4v) is 3.29. The highest BCUT2D eigenvalue weighted by Crippen LogP contribution is 2.32. The number of fused-ring (bicyclic) bond motifs is 1. The fraction of sp³-hybridized carbons (Fsp3) is 0.444. The summed E-state index contributed by atoms with van der Waals surface area (Å²) >= 11 is 0. The lowest BCUT2D eigenvalue weighted by atomic mass is 9.94. The number of alkyl halides is 3. The lowest BCUT2D eigenvalue weighted by Crippen LogP contribution is -2.41. The molecule has 28 heavy (non-hydrogen) atoms. The van der Waals surface area contributed by atoms with Crippen LogP contribution in [0.4, 0.5) is 19.0 Å². The molecule has 1 atom stereocenters. The highest BCUT2D eigenvalue weighted by Gasteiger charge is 2.39. The molecule has 0 unspecified atom stereocenters. The van der Waals surface area contributed by atoms with E-state index >= 15 is 0 Å². The number of anilines is 1. The predicted molar refractivity (Wildman–Crippen MR) is 94.3 cm³/mol. The third-order valence-corrected chi connectivity index (χ3v) is 4.64. The van der Waals surface area contributed by atoms with Crippen molar-refractivity contribution in [2.45, 2.75) is 32.5 Å². The van der Waals surface area contributed by atoms with Crippen molar-refractivity contribution in [3.63, 3.8) is 0 Å². The van der Waals surface area contributed by atoms with Gasteiger partial charge in [-0.2, -0.15) is 13.2 Å². The summed E-state index contributed by atoms with van der Waals surface area (Å²) in [5, 5.41) is 2.62. The topological polar surface area (TPSA) is 80.1 Å². The molecule has 2 aromatic rings. The highest BCUT2D eigenvalue weighted by molar-refractivity contribution is 5.94. The van der Waals surface area contributed by atoms with E-state index in [1.54, 1.807) is 18.3 Å². The van der Waals surface area contributed by atoms with Gasteiger partial charge < -0.3 is 14.8 Å². The van der Waals surface area contributed by atoms with E-state index in [2.05, 4.69) is 15.3 Å². The van der Waals surface area contributed by atoms with Gasteiger partial charge in [-0.25, -0.2) is 9.97 Å². The Kier molecular flexibility index (Phi) is 5.39. The summed E-state index contributed by atoms with van der Waals surface area (Å²) in [6.45, 7) is 1.76. The molecule has 150 valence electrons. The molecule has 7 nitrogen and oxygen atoms in total. The first-order valence-electron chi connectivity index (χ1n) is 8.74. The van der Waals surface area contributed by atoms with Crippen LogP contribution in [0.1, 0.15) is 23.5 Å². The standard InChI is InChI=1S/C18H20F3N5O2/c1-11-3-5-22-14(7-11)24-15(27)10-25(2)16(28)12-4-6-26-13(8-12)9-23-17(26)18(19,20)21/h3,5,7,9,12H,4,6,8,10H2,1-2H3,(H,22,24,27)/t12-/m1/s1. The van der Waals surface area contributed by atoms with Gasteiger partial charge in [0, 0.05) is 44.0 Å². The monoisotopic (exact) mass is 395 g/mol. The van der Waals surface area contributed by atoms with Gasteiger partial charge in [0.2, 0.25) is 17.6 Å². The van der Waals surface area contributed by atoms with Gasteiger partial charge in [0.15, 0.2) is 0 Å². The average Bonchev–Trinajstić information content (AvgIpc) is 3.04. The Morgan fingerprint density at radius 2 is 2.11 bits per heavy atom. The maximum atomic E-state index is 12.9. The third-order valence-electron chi connectivity index (χ3n) is 4.64. The van der Waals surface area contributed by atoms with Crippen molar-refractivity contribution in [1.82, 2.24) is 19.4 Å². The first-order valence-corrected chi connectivity index (χ1v) is 8.74. The van der Waals surface area contributed by atoms with Gasteiger partial charge in [-0.05, 0) is 31.0 Å². The van der Waals surface area contributed by atoms with Crippen LogP contribution in [0, 0.1) is 12.8 Å². The number of nitrogens with zero attached hydrogens (tertiary/aromatic N) is 4. The van der Waals surface area contributed by atoms with Crippen molar-refractivity contribution >= 4 is 17.6 Å². The van der Waals surface area contributed by atoms with Gasteiger partial charge in [0.1, 0.15) is 5.82 Å². The molecule has 0 radical (unpaired) electrons. The molecule has 0 bridgehead atoms. The van der Waals surface area contributed by atoms with Crippen LogP contribution in [0.15, 0.2) is 24.5 Å². The quantitative estimate of drug-likeness (QED) is 0.861. The summed E-state index contributed by atoms with van der Waals surface area (Å²) in [7, 11) is 1.50. The molecule has 0 spiro atoms. The van der Waals surface area contributed by atoms with Crippen LogP contribution in [-0.2, 0) is 28.7 Å². The first kappa shape index (κ1) is 19.8. The lowest BCUT2D eigenvalue weighted by Gasteiger charge is -2.28. The number of hydrogen-bond acceptors (Lipinski definition) is 4. The van der Waals surface area contributed by atoms with E-state index in [0.717, 1.165) is 10.1 Å². The molecule has 1 aliphatic heterocycles. The molecule has 2 aromatic heterocycles. The highest BCUT2D eigenvalue weighted by atomic mass is 19.4. The Labute approximate surface area is 159 Å². The van der Waals surface area contributed by atoms with Gasteiger partial charge in [-0.3, -0.25) is 9.59 Å². The van der Waals surface area contributed by atoms with Gasteiger partial charge >= 0.3 is 6.18 Å². The summed E-state index contributed by atoms with van der Waals surface area (Å²) in [5.41, 5.74) is 1.31. The minimum atomic E-state index is -4.52. The number of rotatable bonds is 4. The van der Waals surface area contributed by atoms with E-state index in [1.165, 1.54) is 18.1 Å². The summed E-state index contributed by atoms with van der Waals surface area (Å²) < 4.78 is 39.9. The number of halogens is 3. The van der Waals surface area contributed by atoms with Gasteiger partial charge in [0.25, 0.3) is 0 Å². The number of aromatic nitrogens is 3. The molecule has 2 amide bonds. The normalized spacial score (nSPS) is 16.4. The van der Waals surface area contributed by atoms with Crippen LogP contribution in [0.5, 0.6) is 0 Å². The van der Waals surface area contributed by atoms with E-state index in [4.69, 9.17) is 0 Å². The number of carbonyl (C=O) groups is 2. The average molecular weight is 395 g/mol. The Morgan fingerprint density at radius 3 is 2.79 bits per heavy atom. The van der Waals surface area contributed by atoms with Crippen molar-refractivity contribution < 1.29 is 22.8 Å². The smallest absolute Gasteiger partial charge is 0.336 e. The second-order valence-corrected chi connectivity index (χ2v) is 6.87. The number of amides is 2. The number of imidazole rings is 1. The zero-order valence-corrected chi connectivity index (χ0v) is 15.5. The molecule has 1 N–H and O–H groups in total. The summed E-state index contributed by atoms with van der Waals surface area (Å²) in [6.07, 6.45) is -1.36. The molecule has 0 saturated heterocycles. The number of hydrogen-bond donors (Lipinski definition) is 1. The molecule has 0 fully saturated rings. The molecule has 1 aliphatic rings. The number of carbonyl (C=O) groups excluding carboxylic acids is 2. The van der Waals surface area contributed by atoms with E-state index in [9.17, 15) is 22.8 Å². The predicted octanol–water partition coefficient (Wildman–Crippen LogP) is 2.26. The molecule has 3 rings (SSSR count). The van der Waals surface area contributed by atoms with Crippen molar-refractivity contribution in [1.29, 1.82) is 0 Å². The largest absolute Gasteiger partial charge is 0.449 e. The maximum absolute atomic E-state index is 12.9. The van der Waals surface area contributed by atoms with E-state index in [1.807, 2.05) is 6.92 Å². The van der Waals surface area contributed by atoms with Crippen LogP contribution in [-0.4, -0.2) is 44.8 Å². The molecular formula is C18H20F3N5O2. The second kappa shape index (κ2) is 7.61. The molecular weight excluding hydrogens is 375 g/mol. The maximum Gasteiger partial charge on any atom is 0.449 e. The number of nitrogens with one attached hydrogen (secondary N) is 1. The van der Waals surface area contributed by atoms with Gasteiger partial charge in [0.05, 0.1) is 6.54 Å². The molecule has 3 heterocycles. The van der Waals surface area contributed by atoms with Crippen LogP contribution in [0.2, 0.25) is 0 Å². The van der Waals surface area contributed by atoms with Crippen molar-refractivity contribution in [2.24, 2.45) is 5.92 Å². The molecule has 0 saturated carbocycles. The SMILES string of the molecule is Cc1ccnc(NC(=O)CN(C)C(=O)[C@@H]2CCn3c(cnc3C(F)(F)F)C2)c1.